The summed E-state index contributed by atoms with van der Waals surface area (Å²) in [5.41, 5.74) is 2.86. The monoisotopic (exact) mass is 487 g/mol. The van der Waals surface area contributed by atoms with Gasteiger partial charge in [0.2, 0.25) is 10.0 Å². The van der Waals surface area contributed by atoms with E-state index < -0.39 is 15.9 Å². The number of carbonyl (C=O) groups is 1. The van der Waals surface area contributed by atoms with Crippen LogP contribution in [0.4, 0.5) is 0 Å². The molecule has 0 spiro atoms. The number of halogens is 2. The van der Waals surface area contributed by atoms with E-state index >= 15 is 0 Å². The number of aromatic nitrogens is 1. The molecule has 0 aliphatic heterocycles. The summed E-state index contributed by atoms with van der Waals surface area (Å²) >= 11 is 13.5. The van der Waals surface area contributed by atoms with Crippen LogP contribution >= 0.6 is 34.5 Å². The maximum atomic E-state index is 12.9. The first kappa shape index (κ1) is 21.6. The quantitative estimate of drug-likeness (QED) is 0.410. The zero-order valence-electron chi connectivity index (χ0n) is 15.6. The molecule has 1 aromatic carbocycles. The van der Waals surface area contributed by atoms with E-state index in [2.05, 4.69) is 15.0 Å². The van der Waals surface area contributed by atoms with Crippen molar-refractivity contribution in [2.75, 3.05) is 18.9 Å². The number of fused-ring (bicyclic) bond motifs is 2. The van der Waals surface area contributed by atoms with Crippen molar-refractivity contribution in [1.29, 1.82) is 0 Å². The summed E-state index contributed by atoms with van der Waals surface area (Å²) in [5.74, 6) is -0.930. The molecule has 2 atom stereocenters. The highest BCUT2D eigenvalue weighted by Crippen LogP contribution is 2.39. The van der Waals surface area contributed by atoms with E-state index in [-0.39, 0.29) is 30.9 Å². The third-order valence-electron chi connectivity index (χ3n) is 5.15. The van der Waals surface area contributed by atoms with Crippen LogP contribution in [-0.4, -0.2) is 49.4 Å². The zero-order chi connectivity index (χ0) is 21.5. The highest BCUT2D eigenvalue weighted by molar-refractivity contribution is 7.89. The molecule has 1 aliphatic carbocycles. The van der Waals surface area contributed by atoms with E-state index in [4.69, 9.17) is 28.3 Å². The fourth-order valence-electron chi connectivity index (χ4n) is 3.82. The van der Waals surface area contributed by atoms with Crippen LogP contribution in [0.2, 0.25) is 9.36 Å². The van der Waals surface area contributed by atoms with Crippen molar-refractivity contribution in [2.24, 2.45) is 0 Å². The molecule has 0 saturated carbocycles. The van der Waals surface area contributed by atoms with Crippen LogP contribution in [0.15, 0.2) is 30.3 Å². The second kappa shape index (κ2) is 8.49. The minimum absolute atomic E-state index is 0.0454. The van der Waals surface area contributed by atoms with Gasteiger partial charge in [-0.15, -0.1) is 11.3 Å². The van der Waals surface area contributed by atoms with Gasteiger partial charge >= 0.3 is 0 Å². The number of amides is 1. The first-order valence-electron chi connectivity index (χ1n) is 9.22. The molecule has 4 rings (SSSR count). The van der Waals surface area contributed by atoms with Gasteiger partial charge < -0.3 is 15.4 Å². The molecule has 2 heterocycles. The van der Waals surface area contributed by atoms with Crippen molar-refractivity contribution in [3.8, 4) is 0 Å². The molecule has 160 valence electrons. The van der Waals surface area contributed by atoms with Crippen LogP contribution in [0.5, 0.6) is 0 Å². The molecule has 3 aromatic rings. The van der Waals surface area contributed by atoms with Crippen LogP contribution in [-0.2, 0) is 16.4 Å². The van der Waals surface area contributed by atoms with Crippen molar-refractivity contribution >= 4 is 60.7 Å². The Morgan fingerprint density at radius 1 is 1.30 bits per heavy atom. The lowest BCUT2D eigenvalue weighted by atomic mass is 10.0. The summed E-state index contributed by atoms with van der Waals surface area (Å²) in [4.78, 5) is 15.9. The largest absolute Gasteiger partial charge is 0.395 e. The van der Waals surface area contributed by atoms with Crippen LogP contribution in [0.25, 0.3) is 10.2 Å². The molecule has 1 amide bonds. The van der Waals surface area contributed by atoms with Crippen molar-refractivity contribution in [3.63, 3.8) is 0 Å². The van der Waals surface area contributed by atoms with Gasteiger partial charge in [0.1, 0.15) is 10.0 Å². The predicted octanol–water partition coefficient (Wildman–Crippen LogP) is 2.89. The number of sulfonamides is 1. The van der Waals surface area contributed by atoms with Gasteiger partial charge in [-0.05, 0) is 23.6 Å². The molecule has 0 fully saturated rings. The van der Waals surface area contributed by atoms with Gasteiger partial charge in [-0.3, -0.25) is 4.79 Å². The number of hydrogen-bond donors (Lipinski definition) is 4. The summed E-state index contributed by atoms with van der Waals surface area (Å²) < 4.78 is 28.5. The Labute approximate surface area is 187 Å². The number of nitrogens with one attached hydrogen (secondary N) is 3. The van der Waals surface area contributed by atoms with Gasteiger partial charge in [-0.1, -0.05) is 47.5 Å². The van der Waals surface area contributed by atoms with Gasteiger partial charge in [0.15, 0.2) is 0 Å². The number of thiophene rings is 1. The fourth-order valence-corrected chi connectivity index (χ4v) is 6.71. The van der Waals surface area contributed by atoms with Gasteiger partial charge in [0.25, 0.3) is 5.91 Å². The highest BCUT2D eigenvalue weighted by atomic mass is 35.5. The van der Waals surface area contributed by atoms with Crippen molar-refractivity contribution in [2.45, 2.75) is 18.4 Å². The topological polar surface area (TPSA) is 111 Å². The number of H-pyrrole nitrogens is 1. The lowest BCUT2D eigenvalue weighted by Crippen LogP contribution is -2.42. The zero-order valence-corrected chi connectivity index (χ0v) is 18.8. The minimum atomic E-state index is -3.62. The van der Waals surface area contributed by atoms with Crippen LogP contribution in [0.3, 0.4) is 0 Å². The third kappa shape index (κ3) is 4.23. The molecule has 0 bridgehead atoms. The molecule has 30 heavy (non-hydrogen) atoms. The Balaban J connectivity index is 1.57. The third-order valence-corrected chi connectivity index (χ3v) is 8.52. The molecule has 0 saturated heterocycles. The van der Waals surface area contributed by atoms with Gasteiger partial charge in [0, 0.05) is 18.5 Å². The normalized spacial score (nSPS) is 18.6. The second-order valence-electron chi connectivity index (χ2n) is 7.10. The smallest absolute Gasteiger partial charge is 0.268 e. The first-order chi connectivity index (χ1) is 14.3. The molecule has 4 N–H and O–H groups in total. The lowest BCUT2D eigenvalue weighted by molar-refractivity contribution is 0.0930. The number of carbonyl (C=O) groups excluding carboxylic acids is 1. The van der Waals surface area contributed by atoms with E-state index in [0.29, 0.717) is 27.0 Å². The molecule has 0 unspecified atom stereocenters. The average Bonchev–Trinajstić information content (AvgIpc) is 3.34. The van der Waals surface area contributed by atoms with Crippen LogP contribution < -0.4 is 10.0 Å². The van der Waals surface area contributed by atoms with E-state index in [0.717, 1.165) is 15.8 Å². The van der Waals surface area contributed by atoms with Crippen molar-refractivity contribution in [1.82, 2.24) is 15.0 Å². The molecule has 11 heteroatoms. The Hall–Kier alpha value is -1.62. The summed E-state index contributed by atoms with van der Waals surface area (Å²) in [6, 6.07) is 8.87. The molecule has 2 aromatic heterocycles. The summed E-state index contributed by atoms with van der Waals surface area (Å²) in [7, 11) is -3.62. The van der Waals surface area contributed by atoms with Gasteiger partial charge in [0.05, 0.1) is 27.6 Å². The molecule has 1 aliphatic rings. The summed E-state index contributed by atoms with van der Waals surface area (Å²) in [6.45, 7) is -0.326. The lowest BCUT2D eigenvalue weighted by Gasteiger charge is -2.22. The van der Waals surface area contributed by atoms with Gasteiger partial charge in [-0.2, -0.15) is 0 Å². The predicted molar refractivity (Wildman–Crippen MR) is 119 cm³/mol. The van der Waals surface area contributed by atoms with E-state index in [1.807, 2.05) is 24.3 Å². The maximum Gasteiger partial charge on any atom is 0.268 e. The van der Waals surface area contributed by atoms with Gasteiger partial charge in [-0.25, -0.2) is 13.1 Å². The van der Waals surface area contributed by atoms with Crippen LogP contribution in [0, 0.1) is 0 Å². The summed E-state index contributed by atoms with van der Waals surface area (Å²) in [6.07, 6.45) is 0.532. The number of hydrogen-bond acceptors (Lipinski definition) is 5. The average molecular weight is 488 g/mol. The number of benzene rings is 1. The second-order valence-corrected chi connectivity index (χ2v) is 11.0. The molecular formula is C19H19Cl2N3O4S2. The van der Waals surface area contributed by atoms with Crippen molar-refractivity contribution < 1.29 is 18.3 Å². The number of aliphatic hydroxyl groups excluding tert-OH is 1. The number of rotatable bonds is 7. The maximum absolute atomic E-state index is 12.9. The fraction of sp³-hybridized carbons (Fsp3) is 0.316. The number of aliphatic hydroxyl groups is 1. The Morgan fingerprint density at radius 3 is 2.80 bits per heavy atom. The van der Waals surface area contributed by atoms with Crippen molar-refractivity contribution in [3.05, 3.63) is 56.5 Å². The Morgan fingerprint density at radius 2 is 2.07 bits per heavy atom. The standard InChI is InChI=1S/C19H19Cl2N3O4S2/c20-16-17-15(29-18(16)21)8-14(23-17)19(26)24-13-7-10-3-1-2-4-11(10)12(13)9-30(27,28)22-5-6-25/h1-4,8,12-13,22-23,25H,5-7,9H2,(H,24,26)/t12-,13-/m1/s1. The van der Waals surface area contributed by atoms with Crippen LogP contribution in [0.1, 0.15) is 27.5 Å². The molecule has 7 nitrogen and oxygen atoms in total. The van der Waals surface area contributed by atoms with E-state index in [1.54, 1.807) is 6.07 Å². The summed E-state index contributed by atoms with van der Waals surface area (Å²) in [5, 5.41) is 12.3. The minimum Gasteiger partial charge on any atom is -0.395 e. The molecule has 0 radical (unpaired) electrons. The Kier molecular flexibility index (Phi) is 6.11. The first-order valence-corrected chi connectivity index (χ1v) is 12.4. The van der Waals surface area contributed by atoms with E-state index in [1.165, 1.54) is 11.3 Å². The van der Waals surface area contributed by atoms with E-state index in [9.17, 15) is 13.2 Å². The number of aromatic amines is 1. The molecular weight excluding hydrogens is 469 g/mol. The SMILES string of the molecule is O=C(N[C@@H]1Cc2ccccc2[C@H]1CS(=O)(=O)NCCO)c1cc2sc(Cl)c(Cl)c2[nH]1. The highest BCUT2D eigenvalue weighted by Gasteiger charge is 2.36. The Bertz CT molecular complexity index is 1210.